The number of hydrogen-bond donors (Lipinski definition) is 3. The number of hydrogen-bond acceptors (Lipinski definition) is 2. The maximum Gasteiger partial charge on any atom is 0.191 e. The number of fused-ring (bicyclic) bond motifs is 1. The van der Waals surface area contributed by atoms with Crippen LogP contribution in [0.3, 0.4) is 0 Å². The highest BCUT2D eigenvalue weighted by atomic mass is 19.1. The molecular formula is C24H27FN6. The minimum absolute atomic E-state index is 0.222. The summed E-state index contributed by atoms with van der Waals surface area (Å²) in [6.07, 6.45) is 2.69. The average Bonchev–Trinajstić information content (AvgIpc) is 3.32. The van der Waals surface area contributed by atoms with E-state index < -0.39 is 0 Å². The van der Waals surface area contributed by atoms with Crippen LogP contribution in [-0.4, -0.2) is 34.3 Å². The van der Waals surface area contributed by atoms with Gasteiger partial charge in [-0.1, -0.05) is 18.2 Å². The van der Waals surface area contributed by atoms with Crippen molar-refractivity contribution in [3.8, 4) is 5.69 Å². The predicted octanol–water partition coefficient (Wildman–Crippen LogP) is 4.02. The van der Waals surface area contributed by atoms with Crippen molar-refractivity contribution in [2.24, 2.45) is 4.99 Å². The first kappa shape index (κ1) is 20.7. The Morgan fingerprint density at radius 1 is 1.10 bits per heavy atom. The highest BCUT2D eigenvalue weighted by molar-refractivity contribution is 5.83. The Labute approximate surface area is 181 Å². The van der Waals surface area contributed by atoms with E-state index in [4.69, 9.17) is 0 Å². The lowest BCUT2D eigenvalue weighted by Gasteiger charge is -2.15. The number of aliphatic imine (C=N–C) groups is 1. The topological polar surface area (TPSA) is 70.0 Å². The summed E-state index contributed by atoms with van der Waals surface area (Å²) in [6.45, 7) is 5.36. The number of nitrogens with one attached hydrogen (secondary N) is 3. The van der Waals surface area contributed by atoms with Gasteiger partial charge in [0.25, 0.3) is 0 Å². The molecule has 4 rings (SSSR count). The van der Waals surface area contributed by atoms with Crippen LogP contribution in [0.4, 0.5) is 4.39 Å². The average molecular weight is 419 g/mol. The second kappa shape index (κ2) is 9.04. The van der Waals surface area contributed by atoms with Gasteiger partial charge >= 0.3 is 0 Å². The van der Waals surface area contributed by atoms with Crippen LogP contribution in [0, 0.1) is 19.7 Å². The Kier molecular flexibility index (Phi) is 6.02. The van der Waals surface area contributed by atoms with Gasteiger partial charge in [0, 0.05) is 42.9 Å². The summed E-state index contributed by atoms with van der Waals surface area (Å²) in [5.74, 6) is 0.495. The summed E-state index contributed by atoms with van der Waals surface area (Å²) in [6, 6.07) is 15.1. The lowest BCUT2D eigenvalue weighted by atomic mass is 10.1. The summed E-state index contributed by atoms with van der Waals surface area (Å²) in [5, 5.41) is 12.3. The fourth-order valence-electron chi connectivity index (χ4n) is 3.81. The van der Waals surface area contributed by atoms with E-state index in [1.165, 1.54) is 6.07 Å². The highest BCUT2D eigenvalue weighted by Gasteiger charge is 2.10. The van der Waals surface area contributed by atoms with Crippen molar-refractivity contribution in [1.29, 1.82) is 0 Å². The lowest BCUT2D eigenvalue weighted by Crippen LogP contribution is -2.38. The molecule has 0 radical (unpaired) electrons. The summed E-state index contributed by atoms with van der Waals surface area (Å²) in [7, 11) is 1.75. The van der Waals surface area contributed by atoms with Crippen LogP contribution >= 0.6 is 0 Å². The zero-order valence-electron chi connectivity index (χ0n) is 18.0. The molecule has 0 unspecified atom stereocenters. The van der Waals surface area contributed by atoms with E-state index in [9.17, 15) is 4.39 Å². The first-order valence-corrected chi connectivity index (χ1v) is 10.4. The Morgan fingerprint density at radius 2 is 1.94 bits per heavy atom. The molecule has 0 saturated heterocycles. The number of rotatable bonds is 6. The molecule has 0 aliphatic rings. The van der Waals surface area contributed by atoms with Crippen LogP contribution in [-0.2, 0) is 13.0 Å². The molecule has 0 aliphatic heterocycles. The minimum atomic E-state index is -0.222. The SMILES string of the molecule is CN=C(NCCc1c[nH]c2ccc(F)cc12)NCc1ccccc1-n1nc(C)cc1C. The third-order valence-electron chi connectivity index (χ3n) is 5.32. The third kappa shape index (κ3) is 4.60. The number of aryl methyl sites for hydroxylation is 2. The van der Waals surface area contributed by atoms with Crippen LogP contribution in [0.5, 0.6) is 0 Å². The van der Waals surface area contributed by atoms with Crippen molar-refractivity contribution >= 4 is 16.9 Å². The van der Waals surface area contributed by atoms with Crippen molar-refractivity contribution in [1.82, 2.24) is 25.4 Å². The summed E-state index contributed by atoms with van der Waals surface area (Å²) >= 11 is 0. The van der Waals surface area contributed by atoms with Crippen molar-refractivity contribution in [3.63, 3.8) is 0 Å². The molecule has 0 amide bonds. The van der Waals surface area contributed by atoms with Gasteiger partial charge in [-0.3, -0.25) is 4.99 Å². The fourth-order valence-corrected chi connectivity index (χ4v) is 3.81. The zero-order chi connectivity index (χ0) is 21.8. The van der Waals surface area contributed by atoms with Crippen LogP contribution in [0.25, 0.3) is 16.6 Å². The van der Waals surface area contributed by atoms with Gasteiger partial charge in [0.1, 0.15) is 5.82 Å². The monoisotopic (exact) mass is 418 g/mol. The van der Waals surface area contributed by atoms with Gasteiger partial charge in [0.05, 0.1) is 11.4 Å². The Morgan fingerprint density at radius 3 is 2.71 bits per heavy atom. The molecule has 4 aromatic rings. The largest absolute Gasteiger partial charge is 0.361 e. The van der Waals surface area contributed by atoms with Gasteiger partial charge in [-0.05, 0) is 61.7 Å². The van der Waals surface area contributed by atoms with E-state index in [0.717, 1.165) is 45.5 Å². The van der Waals surface area contributed by atoms with Crippen molar-refractivity contribution in [3.05, 3.63) is 83.1 Å². The first-order valence-electron chi connectivity index (χ1n) is 10.4. The summed E-state index contributed by atoms with van der Waals surface area (Å²) in [4.78, 5) is 7.52. The molecule has 0 aliphatic carbocycles. The Balaban J connectivity index is 1.38. The molecule has 2 heterocycles. The van der Waals surface area contributed by atoms with Gasteiger partial charge < -0.3 is 15.6 Å². The predicted molar refractivity (Wildman–Crippen MR) is 123 cm³/mol. The van der Waals surface area contributed by atoms with Crippen LogP contribution in [0.2, 0.25) is 0 Å². The molecular weight excluding hydrogens is 391 g/mol. The Bertz CT molecular complexity index is 1220. The summed E-state index contributed by atoms with van der Waals surface area (Å²) in [5.41, 5.74) is 6.30. The summed E-state index contributed by atoms with van der Waals surface area (Å²) < 4.78 is 15.5. The van der Waals surface area contributed by atoms with E-state index in [-0.39, 0.29) is 5.82 Å². The molecule has 6 nitrogen and oxygen atoms in total. The van der Waals surface area contributed by atoms with Crippen molar-refractivity contribution in [2.75, 3.05) is 13.6 Å². The maximum absolute atomic E-state index is 13.6. The molecule has 0 spiro atoms. The lowest BCUT2D eigenvalue weighted by molar-refractivity contribution is 0.629. The van der Waals surface area contributed by atoms with E-state index in [1.807, 2.05) is 29.9 Å². The van der Waals surface area contributed by atoms with E-state index in [0.29, 0.717) is 19.0 Å². The van der Waals surface area contributed by atoms with Crippen LogP contribution in [0.15, 0.2) is 59.7 Å². The molecule has 31 heavy (non-hydrogen) atoms. The number of aromatic nitrogens is 3. The van der Waals surface area contributed by atoms with Gasteiger partial charge in [-0.15, -0.1) is 0 Å². The molecule has 0 saturated carbocycles. The number of benzene rings is 2. The number of nitrogens with zero attached hydrogens (tertiary/aromatic N) is 3. The molecule has 0 fully saturated rings. The van der Waals surface area contributed by atoms with Gasteiger partial charge in [0.2, 0.25) is 0 Å². The standard InChI is InChI=1S/C24H27FN6/c1-16-12-17(2)31(30-16)23-7-5-4-6-19(23)15-29-24(26-3)27-11-10-18-14-28-22-9-8-20(25)13-21(18)22/h4-9,12-14,28H,10-11,15H2,1-3H3,(H2,26,27,29). The molecule has 0 atom stereocenters. The van der Waals surface area contributed by atoms with Crippen molar-refractivity contribution in [2.45, 2.75) is 26.8 Å². The number of halogens is 1. The van der Waals surface area contributed by atoms with Crippen LogP contribution in [0.1, 0.15) is 22.5 Å². The molecule has 2 aromatic carbocycles. The molecule has 7 heteroatoms. The molecule has 3 N–H and O–H groups in total. The molecule has 2 aromatic heterocycles. The second-order valence-corrected chi connectivity index (χ2v) is 7.57. The van der Waals surface area contributed by atoms with Crippen LogP contribution < -0.4 is 10.6 Å². The number of H-pyrrole nitrogens is 1. The number of aromatic amines is 1. The second-order valence-electron chi connectivity index (χ2n) is 7.57. The van der Waals surface area contributed by atoms with E-state index in [2.05, 4.69) is 50.8 Å². The fraction of sp³-hybridized carbons (Fsp3) is 0.250. The van der Waals surface area contributed by atoms with Gasteiger partial charge in [-0.2, -0.15) is 5.10 Å². The van der Waals surface area contributed by atoms with Gasteiger partial charge in [0.15, 0.2) is 5.96 Å². The van der Waals surface area contributed by atoms with E-state index in [1.54, 1.807) is 19.2 Å². The quantitative estimate of drug-likeness (QED) is 0.327. The third-order valence-corrected chi connectivity index (χ3v) is 5.32. The maximum atomic E-state index is 13.6. The zero-order valence-corrected chi connectivity index (χ0v) is 18.0. The van der Waals surface area contributed by atoms with Gasteiger partial charge in [-0.25, -0.2) is 9.07 Å². The number of guanidine groups is 1. The number of para-hydroxylation sites is 1. The molecule has 0 bridgehead atoms. The first-order chi connectivity index (χ1) is 15.0. The minimum Gasteiger partial charge on any atom is -0.361 e. The Hall–Kier alpha value is -3.61. The smallest absolute Gasteiger partial charge is 0.191 e. The normalized spacial score (nSPS) is 11.8. The molecule has 160 valence electrons. The highest BCUT2D eigenvalue weighted by Crippen LogP contribution is 2.20. The van der Waals surface area contributed by atoms with E-state index >= 15 is 0 Å². The van der Waals surface area contributed by atoms with Crippen molar-refractivity contribution < 1.29 is 4.39 Å².